The highest BCUT2D eigenvalue weighted by atomic mass is 127. The van der Waals surface area contributed by atoms with Crippen molar-refractivity contribution >= 4 is 29.9 Å². The zero-order valence-electron chi connectivity index (χ0n) is 13.4. The molecular formula is C17H21F3IN3. The fraction of sp³-hybridized carbons (Fsp3) is 0.471. The van der Waals surface area contributed by atoms with E-state index in [-0.39, 0.29) is 29.4 Å². The van der Waals surface area contributed by atoms with E-state index in [1.54, 1.807) is 6.07 Å². The van der Waals surface area contributed by atoms with Gasteiger partial charge in [-0.15, -0.1) is 30.4 Å². The zero-order valence-corrected chi connectivity index (χ0v) is 15.7. The lowest BCUT2D eigenvalue weighted by Crippen LogP contribution is -2.38. The molecule has 0 aromatic heterocycles. The number of halogens is 4. The van der Waals surface area contributed by atoms with Crippen molar-refractivity contribution in [3.05, 3.63) is 35.4 Å². The maximum absolute atomic E-state index is 12.9. The number of nitrogens with one attached hydrogen (secondary N) is 2. The molecule has 2 rings (SSSR count). The summed E-state index contributed by atoms with van der Waals surface area (Å²) in [5.41, 5.74) is -0.203. The monoisotopic (exact) mass is 451 g/mol. The van der Waals surface area contributed by atoms with E-state index < -0.39 is 11.7 Å². The fourth-order valence-electron chi connectivity index (χ4n) is 2.42. The van der Waals surface area contributed by atoms with E-state index in [2.05, 4.69) is 21.5 Å². The number of aliphatic imine (C=N–C) groups is 1. The molecule has 3 nitrogen and oxygen atoms in total. The van der Waals surface area contributed by atoms with Gasteiger partial charge in [0.1, 0.15) is 0 Å². The van der Waals surface area contributed by atoms with Crippen molar-refractivity contribution in [1.82, 2.24) is 10.6 Å². The Morgan fingerprint density at radius 1 is 1.33 bits per heavy atom. The molecule has 2 N–H and O–H groups in total. The zero-order chi connectivity index (χ0) is 16.9. The van der Waals surface area contributed by atoms with Crippen LogP contribution in [0.15, 0.2) is 29.3 Å². The normalized spacial score (nSPS) is 15.9. The van der Waals surface area contributed by atoms with Crippen molar-refractivity contribution in [3.63, 3.8) is 0 Å². The molecule has 0 heterocycles. The van der Waals surface area contributed by atoms with Crippen molar-refractivity contribution in [1.29, 1.82) is 0 Å². The van der Waals surface area contributed by atoms with Crippen molar-refractivity contribution in [2.24, 2.45) is 4.99 Å². The summed E-state index contributed by atoms with van der Waals surface area (Å²) in [6.45, 7) is 3.41. The summed E-state index contributed by atoms with van der Waals surface area (Å²) >= 11 is 0. The minimum absolute atomic E-state index is 0. The molecule has 132 valence electrons. The van der Waals surface area contributed by atoms with Gasteiger partial charge in [-0.1, -0.05) is 24.1 Å². The Bertz CT molecular complexity index is 616. The summed E-state index contributed by atoms with van der Waals surface area (Å²) in [6.07, 6.45) is 2.57. The van der Waals surface area contributed by atoms with Crippen LogP contribution in [0.2, 0.25) is 0 Å². The first-order valence-corrected chi connectivity index (χ1v) is 7.55. The number of hydrogen-bond donors (Lipinski definition) is 2. The molecule has 1 aliphatic carbocycles. The Labute approximate surface area is 157 Å². The fourth-order valence-corrected chi connectivity index (χ4v) is 2.42. The van der Waals surface area contributed by atoms with Crippen LogP contribution < -0.4 is 10.6 Å². The standard InChI is InChI=1S/C17H20F3N3.HI/c1-3-10-22-15(21-4-2)23-12-16(8-9-16)13-6-5-7-14(11-13)17(18,19)20;/h1,5-7,11H,4,8-10,12H2,2H3,(H2,21,22,23);1H. The van der Waals surface area contributed by atoms with Gasteiger partial charge in [-0.05, 0) is 31.4 Å². The highest BCUT2D eigenvalue weighted by Gasteiger charge is 2.45. The van der Waals surface area contributed by atoms with Gasteiger partial charge >= 0.3 is 6.18 Å². The average molecular weight is 451 g/mol. The second kappa shape index (κ2) is 8.60. The van der Waals surface area contributed by atoms with Gasteiger partial charge in [-0.2, -0.15) is 13.2 Å². The Hall–Kier alpha value is -1.43. The van der Waals surface area contributed by atoms with Gasteiger partial charge in [0.05, 0.1) is 18.7 Å². The molecule has 1 fully saturated rings. The van der Waals surface area contributed by atoms with Gasteiger partial charge in [-0.25, -0.2) is 0 Å². The van der Waals surface area contributed by atoms with Crippen LogP contribution in [-0.4, -0.2) is 25.6 Å². The highest BCUT2D eigenvalue weighted by Crippen LogP contribution is 2.49. The predicted octanol–water partition coefficient (Wildman–Crippen LogP) is 3.54. The largest absolute Gasteiger partial charge is 0.416 e. The van der Waals surface area contributed by atoms with E-state index in [9.17, 15) is 13.2 Å². The first-order chi connectivity index (χ1) is 10.9. The Morgan fingerprint density at radius 3 is 2.58 bits per heavy atom. The number of benzene rings is 1. The number of hydrogen-bond acceptors (Lipinski definition) is 1. The van der Waals surface area contributed by atoms with Crippen molar-refractivity contribution in [3.8, 4) is 12.3 Å². The molecule has 0 saturated heterocycles. The minimum Gasteiger partial charge on any atom is -0.357 e. The molecule has 0 amide bonds. The second-order valence-electron chi connectivity index (χ2n) is 5.61. The minimum atomic E-state index is -4.32. The molecule has 0 bridgehead atoms. The number of nitrogens with zero attached hydrogens (tertiary/aromatic N) is 1. The summed E-state index contributed by atoms with van der Waals surface area (Å²) < 4.78 is 38.6. The molecule has 7 heteroatoms. The Kier molecular flexibility index (Phi) is 7.39. The van der Waals surface area contributed by atoms with Crippen LogP contribution in [0.1, 0.15) is 30.9 Å². The van der Waals surface area contributed by atoms with Crippen LogP contribution in [0.25, 0.3) is 0 Å². The maximum atomic E-state index is 12.9. The number of terminal acetylenes is 1. The third-order valence-electron chi connectivity index (χ3n) is 3.90. The maximum Gasteiger partial charge on any atom is 0.416 e. The SMILES string of the molecule is C#CCNC(=NCC1(c2cccc(C(F)(F)F)c2)CC1)NCC.I. The molecule has 1 saturated carbocycles. The summed E-state index contributed by atoms with van der Waals surface area (Å²) in [6, 6.07) is 5.55. The molecule has 0 aliphatic heterocycles. The van der Waals surface area contributed by atoms with Crippen LogP contribution >= 0.6 is 24.0 Å². The smallest absolute Gasteiger partial charge is 0.357 e. The highest BCUT2D eigenvalue weighted by molar-refractivity contribution is 14.0. The van der Waals surface area contributed by atoms with Gasteiger partial charge in [0.25, 0.3) is 0 Å². The lowest BCUT2D eigenvalue weighted by molar-refractivity contribution is -0.137. The lowest BCUT2D eigenvalue weighted by atomic mass is 9.94. The van der Waals surface area contributed by atoms with Gasteiger partial charge in [-0.3, -0.25) is 4.99 Å². The lowest BCUT2D eigenvalue weighted by Gasteiger charge is -2.17. The predicted molar refractivity (Wildman–Crippen MR) is 101 cm³/mol. The third kappa shape index (κ3) is 5.30. The molecule has 1 aliphatic rings. The van der Waals surface area contributed by atoms with Crippen LogP contribution in [-0.2, 0) is 11.6 Å². The second-order valence-corrected chi connectivity index (χ2v) is 5.61. The molecule has 1 aromatic carbocycles. The molecule has 1 aromatic rings. The van der Waals surface area contributed by atoms with Gasteiger partial charge in [0.2, 0.25) is 0 Å². The summed E-state index contributed by atoms with van der Waals surface area (Å²) in [5.74, 6) is 3.05. The van der Waals surface area contributed by atoms with Crippen LogP contribution in [0.5, 0.6) is 0 Å². The summed E-state index contributed by atoms with van der Waals surface area (Å²) in [7, 11) is 0. The number of alkyl halides is 3. The number of guanidine groups is 1. The van der Waals surface area contributed by atoms with Crippen molar-refractivity contribution in [2.75, 3.05) is 19.6 Å². The van der Waals surface area contributed by atoms with E-state index in [0.29, 0.717) is 31.2 Å². The van der Waals surface area contributed by atoms with Crippen molar-refractivity contribution < 1.29 is 13.2 Å². The van der Waals surface area contributed by atoms with E-state index in [0.717, 1.165) is 18.9 Å². The van der Waals surface area contributed by atoms with Crippen LogP contribution in [0, 0.1) is 12.3 Å². The van der Waals surface area contributed by atoms with Crippen LogP contribution in [0.3, 0.4) is 0 Å². The third-order valence-corrected chi connectivity index (χ3v) is 3.90. The van der Waals surface area contributed by atoms with Gasteiger partial charge < -0.3 is 10.6 Å². The molecule has 0 spiro atoms. The molecule has 24 heavy (non-hydrogen) atoms. The average Bonchev–Trinajstić information content (AvgIpc) is 3.31. The molecule has 0 unspecified atom stereocenters. The molecule has 0 atom stereocenters. The Balaban J connectivity index is 0.00000288. The summed E-state index contributed by atoms with van der Waals surface area (Å²) in [5, 5.41) is 6.05. The van der Waals surface area contributed by atoms with E-state index >= 15 is 0 Å². The molecular weight excluding hydrogens is 430 g/mol. The van der Waals surface area contributed by atoms with E-state index in [1.165, 1.54) is 12.1 Å². The Morgan fingerprint density at radius 2 is 2.04 bits per heavy atom. The topological polar surface area (TPSA) is 36.4 Å². The van der Waals surface area contributed by atoms with Crippen molar-refractivity contribution in [2.45, 2.75) is 31.4 Å². The number of rotatable bonds is 5. The first kappa shape index (κ1) is 20.6. The molecule has 0 radical (unpaired) electrons. The van der Waals surface area contributed by atoms with Gasteiger partial charge in [0.15, 0.2) is 5.96 Å². The van der Waals surface area contributed by atoms with E-state index in [1.807, 2.05) is 6.92 Å². The summed E-state index contributed by atoms with van der Waals surface area (Å²) in [4.78, 5) is 4.47. The quantitative estimate of drug-likeness (QED) is 0.311. The first-order valence-electron chi connectivity index (χ1n) is 7.55. The van der Waals surface area contributed by atoms with Gasteiger partial charge in [0, 0.05) is 12.0 Å². The van der Waals surface area contributed by atoms with Crippen LogP contribution in [0.4, 0.5) is 13.2 Å². The van der Waals surface area contributed by atoms with E-state index in [4.69, 9.17) is 6.42 Å².